The van der Waals surface area contributed by atoms with Crippen molar-refractivity contribution in [3.8, 4) is 0 Å². The number of aromatic nitrogens is 1. The molecule has 1 aromatic rings. The molecule has 0 aliphatic carbocycles. The third-order valence-corrected chi connectivity index (χ3v) is 2.57. The normalized spacial score (nSPS) is 10.8. The smallest absolute Gasteiger partial charge is 0.307 e. The number of nitrogen functional groups attached to an aromatic ring is 1. The molecule has 3 N–H and O–H groups in total. The van der Waals surface area contributed by atoms with Crippen LogP contribution in [0.15, 0.2) is 6.07 Å². The van der Waals surface area contributed by atoms with Crippen LogP contribution in [0.2, 0.25) is 0 Å². The maximum Gasteiger partial charge on any atom is 0.307 e. The highest BCUT2D eigenvalue weighted by Gasteiger charge is 2.17. The number of rotatable bonds is 4. The molecule has 7 heteroatoms. The fourth-order valence-corrected chi connectivity index (χ4v) is 1.76. The number of nitrogens with zero attached hydrogens (tertiary/aromatic N) is 1. The number of pyridine rings is 1. The highest BCUT2D eigenvalue weighted by molar-refractivity contribution is 9.08. The van der Waals surface area contributed by atoms with E-state index in [1.54, 1.807) is 0 Å². The summed E-state index contributed by atoms with van der Waals surface area (Å²) in [7, 11) is 0. The molecule has 1 aromatic heterocycles. The first-order valence-electron chi connectivity index (χ1n) is 4.29. The lowest BCUT2D eigenvalue weighted by molar-refractivity contribution is -0.136. The number of carboxylic acid groups (broad SMARTS) is 1. The van der Waals surface area contributed by atoms with E-state index < -0.39 is 18.1 Å². The molecule has 0 atom stereocenters. The van der Waals surface area contributed by atoms with Gasteiger partial charge in [-0.1, -0.05) is 15.9 Å². The van der Waals surface area contributed by atoms with Gasteiger partial charge in [0.2, 0.25) is 0 Å². The molecule has 0 bridgehead atoms. The first kappa shape index (κ1) is 12.8. The van der Waals surface area contributed by atoms with Crippen molar-refractivity contribution in [1.29, 1.82) is 0 Å². The monoisotopic (exact) mass is 294 g/mol. The van der Waals surface area contributed by atoms with E-state index in [0.717, 1.165) is 6.07 Å². The summed E-state index contributed by atoms with van der Waals surface area (Å²) in [5.74, 6) is -1.24. The SMILES string of the molecule is Nc1nc(C(F)F)cc(CBr)c1CC(=O)O. The van der Waals surface area contributed by atoms with Crippen LogP contribution in [0.1, 0.15) is 23.2 Å². The van der Waals surface area contributed by atoms with E-state index in [1.165, 1.54) is 0 Å². The van der Waals surface area contributed by atoms with Gasteiger partial charge in [0.25, 0.3) is 6.43 Å². The molecule has 0 radical (unpaired) electrons. The number of anilines is 1. The second kappa shape index (κ2) is 5.20. The number of carboxylic acids is 1. The zero-order valence-electron chi connectivity index (χ0n) is 8.08. The van der Waals surface area contributed by atoms with Crippen LogP contribution in [0.25, 0.3) is 0 Å². The quantitative estimate of drug-likeness (QED) is 0.834. The van der Waals surface area contributed by atoms with Gasteiger partial charge >= 0.3 is 5.97 Å². The van der Waals surface area contributed by atoms with Gasteiger partial charge in [-0.25, -0.2) is 13.8 Å². The topological polar surface area (TPSA) is 76.2 Å². The second-order valence-corrected chi connectivity index (χ2v) is 3.64. The zero-order chi connectivity index (χ0) is 12.3. The maximum absolute atomic E-state index is 12.4. The minimum atomic E-state index is -2.72. The van der Waals surface area contributed by atoms with Gasteiger partial charge in [-0.05, 0) is 11.6 Å². The van der Waals surface area contributed by atoms with Crippen molar-refractivity contribution >= 4 is 27.7 Å². The lowest BCUT2D eigenvalue weighted by atomic mass is 10.1. The standard InChI is InChI=1S/C9H9BrF2N2O2/c10-3-4-1-6(8(11)12)14-9(13)5(4)2-7(15)16/h1,8H,2-3H2,(H2,13,14)(H,15,16). The van der Waals surface area contributed by atoms with Crippen LogP contribution in [0, 0.1) is 0 Å². The molecule has 0 amide bonds. The Balaban J connectivity index is 3.22. The van der Waals surface area contributed by atoms with Gasteiger partial charge in [0, 0.05) is 10.9 Å². The van der Waals surface area contributed by atoms with E-state index in [9.17, 15) is 13.6 Å². The van der Waals surface area contributed by atoms with Crippen molar-refractivity contribution in [3.63, 3.8) is 0 Å². The Morgan fingerprint density at radius 3 is 2.69 bits per heavy atom. The first-order chi connectivity index (χ1) is 7.45. The van der Waals surface area contributed by atoms with Crippen molar-refractivity contribution < 1.29 is 18.7 Å². The third kappa shape index (κ3) is 2.88. The van der Waals surface area contributed by atoms with E-state index in [4.69, 9.17) is 10.8 Å². The fraction of sp³-hybridized carbons (Fsp3) is 0.333. The van der Waals surface area contributed by atoms with Crippen LogP contribution < -0.4 is 5.73 Å². The van der Waals surface area contributed by atoms with E-state index in [2.05, 4.69) is 20.9 Å². The summed E-state index contributed by atoms with van der Waals surface area (Å²) < 4.78 is 24.8. The van der Waals surface area contributed by atoms with Gasteiger partial charge in [-0.3, -0.25) is 4.79 Å². The minimum absolute atomic E-state index is 0.158. The zero-order valence-corrected chi connectivity index (χ0v) is 9.67. The number of alkyl halides is 3. The molecule has 1 heterocycles. The summed E-state index contributed by atoms with van der Waals surface area (Å²) in [6.07, 6.45) is -3.05. The molecule has 88 valence electrons. The van der Waals surface area contributed by atoms with Gasteiger partial charge < -0.3 is 10.8 Å². The molecule has 0 aliphatic rings. The van der Waals surface area contributed by atoms with Crippen LogP contribution in [-0.2, 0) is 16.5 Å². The predicted octanol–water partition coefficient (Wildman–Crippen LogP) is 2.12. The lowest BCUT2D eigenvalue weighted by Gasteiger charge is -2.10. The molecule has 0 fully saturated rings. The molecule has 16 heavy (non-hydrogen) atoms. The fourth-order valence-electron chi connectivity index (χ4n) is 1.26. The summed E-state index contributed by atoms with van der Waals surface area (Å²) in [5, 5.41) is 8.90. The average Bonchev–Trinajstić information content (AvgIpc) is 2.19. The summed E-state index contributed by atoms with van der Waals surface area (Å²) >= 11 is 3.09. The first-order valence-corrected chi connectivity index (χ1v) is 5.42. The number of hydrogen-bond donors (Lipinski definition) is 2. The van der Waals surface area contributed by atoms with Crippen molar-refractivity contribution in [2.75, 3.05) is 5.73 Å². The molecular weight excluding hydrogens is 286 g/mol. The minimum Gasteiger partial charge on any atom is -0.481 e. The third-order valence-electron chi connectivity index (χ3n) is 1.96. The average molecular weight is 295 g/mol. The number of aliphatic carboxylic acids is 1. The van der Waals surface area contributed by atoms with Gasteiger partial charge in [-0.2, -0.15) is 0 Å². The van der Waals surface area contributed by atoms with Gasteiger partial charge in [0.15, 0.2) is 0 Å². The van der Waals surface area contributed by atoms with Crippen molar-refractivity contribution in [2.45, 2.75) is 18.2 Å². The van der Waals surface area contributed by atoms with Crippen LogP contribution >= 0.6 is 15.9 Å². The Hall–Kier alpha value is -1.24. The Morgan fingerprint density at radius 2 is 2.25 bits per heavy atom. The number of halogens is 3. The summed E-state index contributed by atoms with van der Waals surface area (Å²) in [6.45, 7) is 0. The maximum atomic E-state index is 12.4. The number of hydrogen-bond acceptors (Lipinski definition) is 3. The van der Waals surface area contributed by atoms with Gasteiger partial charge in [0.1, 0.15) is 11.5 Å². The van der Waals surface area contributed by atoms with Crippen molar-refractivity contribution in [2.24, 2.45) is 0 Å². The molecule has 0 unspecified atom stereocenters. The molecule has 4 nitrogen and oxygen atoms in total. The molecule has 1 rings (SSSR count). The molecule has 0 saturated carbocycles. The Labute approximate surface area is 98.6 Å². The molecule has 0 aromatic carbocycles. The molecule has 0 spiro atoms. The van der Waals surface area contributed by atoms with Crippen LogP contribution in [-0.4, -0.2) is 16.1 Å². The van der Waals surface area contributed by atoms with Crippen LogP contribution in [0.5, 0.6) is 0 Å². The largest absolute Gasteiger partial charge is 0.481 e. The Bertz CT molecular complexity index is 413. The lowest BCUT2D eigenvalue weighted by Crippen LogP contribution is -2.10. The van der Waals surface area contributed by atoms with Gasteiger partial charge in [-0.15, -0.1) is 0 Å². The number of nitrogens with two attached hydrogens (primary N) is 1. The van der Waals surface area contributed by atoms with E-state index in [0.29, 0.717) is 5.56 Å². The van der Waals surface area contributed by atoms with Crippen LogP contribution in [0.4, 0.5) is 14.6 Å². The predicted molar refractivity (Wildman–Crippen MR) is 57.6 cm³/mol. The van der Waals surface area contributed by atoms with Crippen molar-refractivity contribution in [1.82, 2.24) is 4.98 Å². The summed E-state index contributed by atoms with van der Waals surface area (Å²) in [6, 6.07) is 1.16. The Kier molecular flexibility index (Phi) is 4.17. The van der Waals surface area contributed by atoms with E-state index in [1.807, 2.05) is 0 Å². The number of carbonyl (C=O) groups is 1. The Morgan fingerprint density at radius 1 is 1.62 bits per heavy atom. The van der Waals surface area contributed by atoms with Crippen molar-refractivity contribution in [3.05, 3.63) is 22.9 Å². The molecular formula is C9H9BrF2N2O2. The second-order valence-electron chi connectivity index (χ2n) is 3.07. The summed E-state index contributed by atoms with van der Waals surface area (Å²) in [5.41, 5.74) is 5.71. The van der Waals surface area contributed by atoms with E-state index >= 15 is 0 Å². The molecule has 0 aliphatic heterocycles. The highest BCUT2D eigenvalue weighted by atomic mass is 79.9. The van der Waals surface area contributed by atoms with E-state index in [-0.39, 0.29) is 23.1 Å². The van der Waals surface area contributed by atoms with Crippen LogP contribution in [0.3, 0.4) is 0 Å². The molecule has 0 saturated heterocycles. The van der Waals surface area contributed by atoms with Gasteiger partial charge in [0.05, 0.1) is 6.42 Å². The highest BCUT2D eigenvalue weighted by Crippen LogP contribution is 2.25. The summed E-state index contributed by atoms with van der Waals surface area (Å²) in [4.78, 5) is 14.0.